The van der Waals surface area contributed by atoms with Crippen LogP contribution in [0.15, 0.2) is 6.07 Å². The van der Waals surface area contributed by atoms with Crippen LogP contribution in [0.5, 0.6) is 0 Å². The highest BCUT2D eigenvalue weighted by atomic mass is 19.3. The topological polar surface area (TPSA) is 49.3 Å². The van der Waals surface area contributed by atoms with Crippen LogP contribution in [0, 0.1) is 12.8 Å². The van der Waals surface area contributed by atoms with Crippen molar-refractivity contribution in [2.24, 2.45) is 5.92 Å². The summed E-state index contributed by atoms with van der Waals surface area (Å²) < 4.78 is 26.6. The van der Waals surface area contributed by atoms with E-state index in [4.69, 9.17) is 4.98 Å². The molecule has 0 bridgehead atoms. The van der Waals surface area contributed by atoms with Gasteiger partial charge < -0.3 is 9.80 Å². The first-order chi connectivity index (χ1) is 12.4. The number of likely N-dealkylation sites (tertiary alicyclic amines) is 1. The molecule has 1 aromatic rings. The highest BCUT2D eigenvalue weighted by molar-refractivity contribution is 5.79. The van der Waals surface area contributed by atoms with E-state index in [2.05, 4.69) is 9.88 Å². The number of rotatable bonds is 3. The summed E-state index contributed by atoms with van der Waals surface area (Å²) in [6, 6.07) is 2.01. The Morgan fingerprint density at radius 3 is 2.35 bits per heavy atom. The van der Waals surface area contributed by atoms with E-state index in [1.165, 1.54) is 12.8 Å². The van der Waals surface area contributed by atoms with E-state index in [1.807, 2.05) is 13.0 Å². The first kappa shape index (κ1) is 17.6. The minimum Gasteiger partial charge on any atom is -0.356 e. The lowest BCUT2D eigenvalue weighted by atomic mass is 9.94. The van der Waals surface area contributed by atoms with Gasteiger partial charge in [0.15, 0.2) is 0 Å². The summed E-state index contributed by atoms with van der Waals surface area (Å²) >= 11 is 0. The molecule has 0 unspecified atom stereocenters. The van der Waals surface area contributed by atoms with Crippen LogP contribution in [0.1, 0.15) is 56.0 Å². The Morgan fingerprint density at radius 1 is 1.08 bits per heavy atom. The van der Waals surface area contributed by atoms with Gasteiger partial charge in [-0.05, 0) is 32.6 Å². The number of nitrogens with zero attached hydrogens (tertiary/aromatic N) is 4. The Labute approximate surface area is 152 Å². The quantitative estimate of drug-likeness (QED) is 0.827. The molecule has 1 aromatic heterocycles. The molecule has 3 fully saturated rings. The number of aryl methyl sites for hydroxylation is 1. The number of hydrogen-bond donors (Lipinski definition) is 0. The zero-order chi connectivity index (χ0) is 18.3. The standard InChI is InChI=1S/C19H26F2N4O/c1-13-12-16(23-17(22-13)14-2-3-14)24-8-4-15(5-9-24)18(26)25-10-6-19(20,21)7-11-25/h12,14-15H,2-11H2,1H3. The molecule has 7 heteroatoms. The minimum atomic E-state index is -2.61. The zero-order valence-corrected chi connectivity index (χ0v) is 15.3. The average Bonchev–Trinajstić information content (AvgIpc) is 3.46. The van der Waals surface area contributed by atoms with E-state index in [0.29, 0.717) is 5.92 Å². The molecular weight excluding hydrogens is 338 g/mol. The van der Waals surface area contributed by atoms with Gasteiger partial charge in [-0.3, -0.25) is 4.79 Å². The van der Waals surface area contributed by atoms with Gasteiger partial charge in [0.1, 0.15) is 11.6 Å². The minimum absolute atomic E-state index is 0.0520. The van der Waals surface area contributed by atoms with Crippen molar-refractivity contribution >= 4 is 11.7 Å². The van der Waals surface area contributed by atoms with Crippen LogP contribution in [0.4, 0.5) is 14.6 Å². The Hall–Kier alpha value is -1.79. The number of anilines is 1. The molecule has 1 saturated carbocycles. The number of hydrogen-bond acceptors (Lipinski definition) is 4. The maximum Gasteiger partial charge on any atom is 0.251 e. The first-order valence-electron chi connectivity index (χ1n) is 9.68. The molecular formula is C19H26F2N4O. The highest BCUT2D eigenvalue weighted by Gasteiger charge is 2.38. The highest BCUT2D eigenvalue weighted by Crippen LogP contribution is 2.39. The maximum atomic E-state index is 13.3. The maximum absolute atomic E-state index is 13.3. The number of amides is 1. The summed E-state index contributed by atoms with van der Waals surface area (Å²) in [5, 5.41) is 0. The number of alkyl halides is 2. The molecule has 0 N–H and O–H groups in total. The van der Waals surface area contributed by atoms with E-state index in [1.54, 1.807) is 4.90 Å². The van der Waals surface area contributed by atoms with Crippen molar-refractivity contribution < 1.29 is 13.6 Å². The van der Waals surface area contributed by atoms with Crippen molar-refractivity contribution in [2.45, 2.75) is 57.3 Å². The summed E-state index contributed by atoms with van der Waals surface area (Å²) in [6.07, 6.45) is 3.45. The van der Waals surface area contributed by atoms with Gasteiger partial charge in [0, 0.05) is 62.6 Å². The molecule has 0 aromatic carbocycles. The molecule has 4 rings (SSSR count). The molecule has 1 aliphatic carbocycles. The fourth-order valence-electron chi connectivity index (χ4n) is 3.93. The van der Waals surface area contributed by atoms with Gasteiger partial charge in [-0.15, -0.1) is 0 Å². The third-order valence-electron chi connectivity index (χ3n) is 5.78. The van der Waals surface area contributed by atoms with E-state index < -0.39 is 5.92 Å². The van der Waals surface area contributed by atoms with E-state index in [-0.39, 0.29) is 37.8 Å². The van der Waals surface area contributed by atoms with Crippen LogP contribution in [0.2, 0.25) is 0 Å². The van der Waals surface area contributed by atoms with Crippen molar-refractivity contribution in [1.82, 2.24) is 14.9 Å². The second kappa shape index (κ2) is 6.74. The van der Waals surface area contributed by atoms with Crippen LogP contribution >= 0.6 is 0 Å². The molecule has 3 heterocycles. The lowest BCUT2D eigenvalue weighted by Gasteiger charge is -2.37. The molecule has 2 aliphatic heterocycles. The first-order valence-corrected chi connectivity index (χ1v) is 9.68. The van der Waals surface area contributed by atoms with Crippen LogP contribution in [0.25, 0.3) is 0 Å². The van der Waals surface area contributed by atoms with Gasteiger partial charge in [-0.1, -0.05) is 0 Å². The number of aromatic nitrogens is 2. The normalized spacial score (nSPS) is 24.0. The smallest absolute Gasteiger partial charge is 0.251 e. The SMILES string of the molecule is Cc1cc(N2CCC(C(=O)N3CCC(F)(F)CC3)CC2)nc(C2CC2)n1. The number of piperidine rings is 2. The summed E-state index contributed by atoms with van der Waals surface area (Å²) in [7, 11) is 0. The number of halogens is 2. The van der Waals surface area contributed by atoms with Crippen molar-refractivity contribution in [1.29, 1.82) is 0 Å². The van der Waals surface area contributed by atoms with Crippen molar-refractivity contribution in [3.8, 4) is 0 Å². The fourth-order valence-corrected chi connectivity index (χ4v) is 3.93. The fraction of sp³-hybridized carbons (Fsp3) is 0.737. The second-order valence-corrected chi connectivity index (χ2v) is 7.94. The average molecular weight is 364 g/mol. The van der Waals surface area contributed by atoms with Gasteiger partial charge in [-0.25, -0.2) is 18.7 Å². The number of carbonyl (C=O) groups excluding carboxylic acids is 1. The molecule has 3 aliphatic rings. The Kier molecular flexibility index (Phi) is 4.57. The summed E-state index contributed by atoms with van der Waals surface area (Å²) in [4.78, 5) is 25.8. The van der Waals surface area contributed by atoms with Gasteiger partial charge in [0.05, 0.1) is 0 Å². The molecule has 26 heavy (non-hydrogen) atoms. The molecule has 0 radical (unpaired) electrons. The van der Waals surface area contributed by atoms with Gasteiger partial charge in [-0.2, -0.15) is 0 Å². The lowest BCUT2D eigenvalue weighted by Crippen LogP contribution is -2.47. The molecule has 0 atom stereocenters. The van der Waals surface area contributed by atoms with E-state index in [9.17, 15) is 13.6 Å². The third kappa shape index (κ3) is 3.81. The predicted octanol–water partition coefficient (Wildman–Crippen LogP) is 3.14. The Balaban J connectivity index is 1.35. The summed E-state index contributed by atoms with van der Waals surface area (Å²) in [5.74, 6) is -0.175. The summed E-state index contributed by atoms with van der Waals surface area (Å²) in [5.41, 5.74) is 0.990. The third-order valence-corrected chi connectivity index (χ3v) is 5.78. The van der Waals surface area contributed by atoms with Crippen molar-refractivity contribution in [3.05, 3.63) is 17.6 Å². The van der Waals surface area contributed by atoms with Crippen molar-refractivity contribution in [2.75, 3.05) is 31.1 Å². The van der Waals surface area contributed by atoms with Crippen LogP contribution in [0.3, 0.4) is 0 Å². The largest absolute Gasteiger partial charge is 0.356 e. The van der Waals surface area contributed by atoms with Crippen LogP contribution in [-0.4, -0.2) is 52.9 Å². The summed E-state index contributed by atoms with van der Waals surface area (Å²) in [6.45, 7) is 3.92. The van der Waals surface area contributed by atoms with Gasteiger partial charge in [0.25, 0.3) is 5.92 Å². The zero-order valence-electron chi connectivity index (χ0n) is 15.3. The van der Waals surface area contributed by atoms with E-state index >= 15 is 0 Å². The molecule has 5 nitrogen and oxygen atoms in total. The monoisotopic (exact) mass is 364 g/mol. The molecule has 0 spiro atoms. The molecule has 1 amide bonds. The van der Waals surface area contributed by atoms with E-state index in [0.717, 1.165) is 43.3 Å². The molecule has 2 saturated heterocycles. The van der Waals surface area contributed by atoms with Crippen LogP contribution < -0.4 is 4.90 Å². The Bertz CT molecular complexity index is 674. The lowest BCUT2D eigenvalue weighted by molar-refractivity contribution is -0.142. The van der Waals surface area contributed by atoms with Gasteiger partial charge in [0.2, 0.25) is 5.91 Å². The number of carbonyl (C=O) groups is 1. The van der Waals surface area contributed by atoms with Crippen LogP contribution in [-0.2, 0) is 4.79 Å². The van der Waals surface area contributed by atoms with Gasteiger partial charge >= 0.3 is 0 Å². The molecule has 142 valence electrons. The van der Waals surface area contributed by atoms with Crippen molar-refractivity contribution in [3.63, 3.8) is 0 Å². The second-order valence-electron chi connectivity index (χ2n) is 7.94. The predicted molar refractivity (Wildman–Crippen MR) is 94.4 cm³/mol. The Morgan fingerprint density at radius 2 is 1.73 bits per heavy atom.